The summed E-state index contributed by atoms with van der Waals surface area (Å²) < 4.78 is 4.61. The van der Waals surface area contributed by atoms with Gasteiger partial charge in [0.25, 0.3) is 0 Å². The first-order valence-electron chi connectivity index (χ1n) is 5.16. The average molecular weight is 241 g/mol. The van der Waals surface area contributed by atoms with E-state index < -0.39 is 5.97 Å². The van der Waals surface area contributed by atoms with Crippen LogP contribution >= 0.6 is 0 Å². The van der Waals surface area contributed by atoms with Gasteiger partial charge in [-0.05, 0) is 33.3 Å². The Morgan fingerprint density at radius 3 is 2.29 bits per heavy atom. The monoisotopic (exact) mass is 241 g/mol. The molecule has 0 aliphatic heterocycles. The predicted octanol–water partition coefficient (Wildman–Crippen LogP) is 0.719. The molecule has 0 heterocycles. The first-order chi connectivity index (χ1) is 7.99. The van der Waals surface area contributed by atoms with Crippen LogP contribution in [0.4, 0.5) is 0 Å². The van der Waals surface area contributed by atoms with Gasteiger partial charge in [-0.3, -0.25) is 0 Å². The van der Waals surface area contributed by atoms with Gasteiger partial charge in [-0.1, -0.05) is 12.1 Å². The highest BCUT2D eigenvalue weighted by atomic mass is 16.5. The Bertz CT molecular complexity index is 336. The van der Waals surface area contributed by atoms with Crippen molar-refractivity contribution in [3.8, 4) is 5.75 Å². The van der Waals surface area contributed by atoms with E-state index >= 15 is 0 Å². The van der Waals surface area contributed by atoms with Crippen LogP contribution in [0.3, 0.4) is 0 Å². The number of ether oxygens (including phenoxy) is 1. The Morgan fingerprint density at radius 2 is 1.82 bits per heavy atom. The van der Waals surface area contributed by atoms with Crippen molar-refractivity contribution in [2.75, 3.05) is 34.4 Å². The molecule has 0 amide bonds. The van der Waals surface area contributed by atoms with Crippen molar-refractivity contribution in [1.82, 2.24) is 4.90 Å². The zero-order valence-corrected chi connectivity index (χ0v) is 10.4. The van der Waals surface area contributed by atoms with E-state index in [1.807, 2.05) is 26.0 Å². The topological polar surface area (TPSA) is 70.0 Å². The summed E-state index contributed by atoms with van der Waals surface area (Å²) in [5.74, 6) is -0.752. The van der Waals surface area contributed by atoms with Crippen molar-refractivity contribution in [3.05, 3.63) is 29.8 Å². The van der Waals surface area contributed by atoms with Gasteiger partial charge in [-0.2, -0.15) is 0 Å². The second-order valence-electron chi connectivity index (χ2n) is 3.72. The quantitative estimate of drug-likeness (QED) is 0.763. The van der Waals surface area contributed by atoms with Gasteiger partial charge < -0.3 is 19.8 Å². The lowest BCUT2D eigenvalue weighted by Crippen LogP contribution is -2.08. The Labute approximate surface area is 101 Å². The van der Waals surface area contributed by atoms with Crippen molar-refractivity contribution >= 4 is 5.97 Å². The number of hydrogen-bond acceptors (Lipinski definition) is 5. The van der Waals surface area contributed by atoms with E-state index in [4.69, 9.17) is 5.11 Å². The predicted molar refractivity (Wildman–Crippen MR) is 65.1 cm³/mol. The molecule has 0 saturated heterocycles. The average Bonchev–Trinajstić information content (AvgIpc) is 2.26. The highest BCUT2D eigenvalue weighted by Crippen LogP contribution is 2.16. The number of benzene rings is 1. The Balaban J connectivity index is 0.000000557. The summed E-state index contributed by atoms with van der Waals surface area (Å²) in [5, 5.41) is 17.6. The smallest absolute Gasteiger partial charge is 0.341 e. The van der Waals surface area contributed by atoms with Gasteiger partial charge in [0.15, 0.2) is 0 Å². The summed E-state index contributed by atoms with van der Waals surface area (Å²) in [5.41, 5.74) is 0.107. The number of aliphatic hydroxyl groups is 1. The fourth-order valence-electron chi connectivity index (χ4n) is 0.862. The van der Waals surface area contributed by atoms with Crippen molar-refractivity contribution in [2.45, 2.75) is 0 Å². The minimum Gasteiger partial charge on any atom is -0.507 e. The second kappa shape index (κ2) is 8.55. The number of phenols is 1. The molecule has 5 nitrogen and oxygen atoms in total. The van der Waals surface area contributed by atoms with Crippen LogP contribution in [-0.2, 0) is 4.74 Å². The van der Waals surface area contributed by atoms with Crippen LogP contribution in [0.1, 0.15) is 10.4 Å². The summed E-state index contributed by atoms with van der Waals surface area (Å²) >= 11 is 0. The Kier molecular flexibility index (Phi) is 7.75. The van der Waals surface area contributed by atoms with Crippen molar-refractivity contribution in [1.29, 1.82) is 0 Å². The number of aromatic hydroxyl groups is 1. The van der Waals surface area contributed by atoms with Crippen LogP contribution in [0.15, 0.2) is 24.3 Å². The largest absolute Gasteiger partial charge is 0.507 e. The molecular formula is C12H19NO4. The molecule has 0 bridgehead atoms. The number of aliphatic hydroxyl groups excluding tert-OH is 1. The van der Waals surface area contributed by atoms with Crippen molar-refractivity contribution in [3.63, 3.8) is 0 Å². The van der Waals surface area contributed by atoms with Gasteiger partial charge in [0.2, 0.25) is 0 Å². The Hall–Kier alpha value is -1.59. The van der Waals surface area contributed by atoms with E-state index in [1.54, 1.807) is 12.1 Å². The lowest BCUT2D eigenvalue weighted by Gasteiger charge is -2.03. The third kappa shape index (κ3) is 7.32. The van der Waals surface area contributed by atoms with E-state index in [0.717, 1.165) is 0 Å². The highest BCUT2D eigenvalue weighted by molar-refractivity contribution is 5.92. The normalized spacial score (nSPS) is 9.47. The molecule has 5 heteroatoms. The van der Waals surface area contributed by atoms with Crippen LogP contribution in [0.2, 0.25) is 0 Å². The van der Waals surface area contributed by atoms with E-state index in [0.29, 0.717) is 0 Å². The molecule has 0 atom stereocenters. The molecule has 0 saturated carbocycles. The zero-order valence-electron chi connectivity index (χ0n) is 10.4. The van der Waals surface area contributed by atoms with Crippen LogP contribution in [-0.4, -0.2) is 55.4 Å². The highest BCUT2D eigenvalue weighted by Gasteiger charge is 2.10. The van der Waals surface area contributed by atoms with Crippen molar-refractivity contribution < 1.29 is 19.7 Å². The van der Waals surface area contributed by atoms with E-state index in [2.05, 4.69) is 4.74 Å². The van der Waals surface area contributed by atoms with Crippen LogP contribution < -0.4 is 0 Å². The summed E-state index contributed by atoms with van der Waals surface area (Å²) in [6, 6.07) is 6.08. The molecular weight excluding hydrogens is 222 g/mol. The van der Waals surface area contributed by atoms with Crippen molar-refractivity contribution in [2.24, 2.45) is 0 Å². The molecule has 0 aromatic heterocycles. The number of phenolic OH excluding ortho intramolecular Hbond substituents is 1. The lowest BCUT2D eigenvalue weighted by atomic mass is 10.2. The fraction of sp³-hybridized carbons (Fsp3) is 0.417. The summed E-state index contributed by atoms with van der Waals surface area (Å²) in [6.45, 7) is -0.285. The first kappa shape index (κ1) is 15.4. The lowest BCUT2D eigenvalue weighted by molar-refractivity contribution is 0.0430. The Morgan fingerprint density at radius 1 is 1.29 bits per heavy atom. The minimum atomic E-state index is -0.632. The second-order valence-corrected chi connectivity index (χ2v) is 3.72. The maximum atomic E-state index is 11.1. The van der Waals surface area contributed by atoms with Gasteiger partial charge in [-0.25, -0.2) is 4.79 Å². The number of rotatable bonds is 3. The number of nitrogens with zero attached hydrogens (tertiary/aromatic N) is 1. The van der Waals surface area contributed by atoms with Crippen LogP contribution in [0.5, 0.6) is 5.75 Å². The zero-order chi connectivity index (χ0) is 13.3. The first-order valence-corrected chi connectivity index (χ1v) is 5.16. The molecule has 0 unspecified atom stereocenters. The molecule has 0 spiro atoms. The molecule has 96 valence electrons. The van der Waals surface area contributed by atoms with Crippen LogP contribution in [0.25, 0.3) is 0 Å². The van der Waals surface area contributed by atoms with Gasteiger partial charge in [0.05, 0.1) is 6.61 Å². The molecule has 0 fully saturated rings. The fourth-order valence-corrected chi connectivity index (χ4v) is 0.862. The number of esters is 1. The summed E-state index contributed by atoms with van der Waals surface area (Å²) in [7, 11) is 6.00. The summed E-state index contributed by atoms with van der Waals surface area (Å²) in [6.07, 6.45) is 0. The maximum absolute atomic E-state index is 11.1. The minimum absolute atomic E-state index is 0.0623. The number of para-hydroxylation sites is 1. The molecule has 1 aromatic rings. The van der Waals surface area contributed by atoms with Gasteiger partial charge in [0.1, 0.15) is 17.9 Å². The maximum Gasteiger partial charge on any atom is 0.341 e. The molecule has 17 heavy (non-hydrogen) atoms. The molecule has 0 aliphatic rings. The van der Waals surface area contributed by atoms with Crippen LogP contribution in [0, 0.1) is 0 Å². The molecule has 0 radical (unpaired) electrons. The van der Waals surface area contributed by atoms with Gasteiger partial charge in [-0.15, -0.1) is 0 Å². The third-order valence-electron chi connectivity index (χ3n) is 1.45. The SMILES string of the molecule is CN(C)C.O=C(OCCO)c1ccccc1O. The summed E-state index contributed by atoms with van der Waals surface area (Å²) in [4.78, 5) is 13.1. The van der Waals surface area contributed by atoms with E-state index in [-0.39, 0.29) is 24.5 Å². The number of carbonyl (C=O) groups is 1. The molecule has 0 aliphatic carbocycles. The van der Waals surface area contributed by atoms with E-state index in [9.17, 15) is 9.90 Å². The molecule has 1 rings (SSSR count). The molecule has 2 N–H and O–H groups in total. The standard InChI is InChI=1S/C9H10O4.C3H9N/c10-5-6-13-9(12)7-3-1-2-4-8(7)11;1-4(2)3/h1-4,10-11H,5-6H2;1-3H3. The van der Waals surface area contributed by atoms with Gasteiger partial charge in [0, 0.05) is 0 Å². The number of hydrogen-bond donors (Lipinski definition) is 2. The van der Waals surface area contributed by atoms with Gasteiger partial charge >= 0.3 is 5.97 Å². The molecule has 1 aromatic carbocycles. The third-order valence-corrected chi connectivity index (χ3v) is 1.45. The van der Waals surface area contributed by atoms with E-state index in [1.165, 1.54) is 12.1 Å². The number of carbonyl (C=O) groups excluding carboxylic acids is 1.